The zero-order chi connectivity index (χ0) is 13.8. The maximum atomic E-state index is 11.2. The first-order chi connectivity index (χ1) is 8.39. The van der Waals surface area contributed by atoms with E-state index in [2.05, 4.69) is 10.1 Å². The van der Waals surface area contributed by atoms with E-state index in [0.29, 0.717) is 11.3 Å². The van der Waals surface area contributed by atoms with Crippen LogP contribution in [0.3, 0.4) is 0 Å². The number of nitrogens with one attached hydrogen (secondary N) is 1. The molecule has 0 bridgehead atoms. The number of anilines is 1. The van der Waals surface area contributed by atoms with E-state index in [1.165, 1.54) is 7.11 Å². The summed E-state index contributed by atoms with van der Waals surface area (Å²) >= 11 is 0. The summed E-state index contributed by atoms with van der Waals surface area (Å²) in [5.74, 6) is -1.33. The third kappa shape index (κ3) is 3.00. The quantitative estimate of drug-likeness (QED) is 0.778. The minimum absolute atomic E-state index is 0.00319. The van der Waals surface area contributed by atoms with Crippen LogP contribution in [0.25, 0.3) is 0 Å². The van der Waals surface area contributed by atoms with Gasteiger partial charge in [0, 0.05) is 5.69 Å². The molecule has 0 saturated carbocycles. The second-order valence-corrected chi connectivity index (χ2v) is 4.41. The Morgan fingerprint density at radius 3 is 2.50 bits per heavy atom. The topological polar surface area (TPSA) is 75.6 Å². The van der Waals surface area contributed by atoms with Gasteiger partial charge in [0.2, 0.25) is 0 Å². The number of carboxylic acid groups (broad SMARTS) is 1. The van der Waals surface area contributed by atoms with Crippen molar-refractivity contribution in [2.75, 3.05) is 19.0 Å². The first-order valence-corrected chi connectivity index (χ1v) is 5.53. The number of carbonyl (C=O) groups excluding carboxylic acids is 1. The lowest BCUT2D eigenvalue weighted by atomic mass is 9.83. The van der Waals surface area contributed by atoms with Crippen molar-refractivity contribution >= 4 is 17.6 Å². The van der Waals surface area contributed by atoms with E-state index in [0.717, 1.165) is 0 Å². The summed E-state index contributed by atoms with van der Waals surface area (Å²) in [6.45, 7) is 3.24. The standard InChI is InChI=1S/C13H17NO4/c1-13(2,12(16)17)9-6-4-5-7-10(9)14-8-11(15)18-3/h4-7,14H,8H2,1-3H3,(H,16,17). The molecule has 0 amide bonds. The highest BCUT2D eigenvalue weighted by Gasteiger charge is 2.31. The molecule has 0 saturated heterocycles. The third-order valence-corrected chi connectivity index (χ3v) is 2.79. The lowest BCUT2D eigenvalue weighted by molar-refractivity contribution is -0.142. The molecule has 0 heterocycles. The van der Waals surface area contributed by atoms with Crippen LogP contribution >= 0.6 is 0 Å². The fraction of sp³-hybridized carbons (Fsp3) is 0.385. The van der Waals surface area contributed by atoms with E-state index in [-0.39, 0.29) is 6.54 Å². The molecule has 0 spiro atoms. The van der Waals surface area contributed by atoms with Gasteiger partial charge in [-0.25, -0.2) is 0 Å². The van der Waals surface area contributed by atoms with E-state index in [4.69, 9.17) is 0 Å². The van der Waals surface area contributed by atoms with Crippen molar-refractivity contribution in [1.82, 2.24) is 0 Å². The molecule has 0 aromatic heterocycles. The number of methoxy groups -OCH3 is 1. The minimum atomic E-state index is -1.03. The van der Waals surface area contributed by atoms with Gasteiger partial charge in [0.1, 0.15) is 6.54 Å². The number of ether oxygens (including phenoxy) is 1. The summed E-state index contributed by atoms with van der Waals surface area (Å²) in [7, 11) is 1.30. The van der Waals surface area contributed by atoms with Crippen molar-refractivity contribution in [2.45, 2.75) is 19.3 Å². The van der Waals surface area contributed by atoms with Gasteiger partial charge in [0.05, 0.1) is 12.5 Å². The van der Waals surface area contributed by atoms with Crippen LogP contribution in [0.15, 0.2) is 24.3 Å². The maximum Gasteiger partial charge on any atom is 0.325 e. The van der Waals surface area contributed by atoms with Crippen molar-refractivity contribution in [3.05, 3.63) is 29.8 Å². The Labute approximate surface area is 106 Å². The van der Waals surface area contributed by atoms with Crippen LogP contribution in [-0.4, -0.2) is 30.7 Å². The van der Waals surface area contributed by atoms with Crippen LogP contribution in [0.4, 0.5) is 5.69 Å². The molecule has 1 rings (SSSR count). The van der Waals surface area contributed by atoms with Crippen LogP contribution in [0.2, 0.25) is 0 Å². The zero-order valence-corrected chi connectivity index (χ0v) is 10.7. The number of hydrogen-bond donors (Lipinski definition) is 2. The molecule has 0 unspecified atom stereocenters. The van der Waals surface area contributed by atoms with Gasteiger partial charge in [-0.3, -0.25) is 9.59 Å². The van der Waals surface area contributed by atoms with Crippen molar-refractivity contribution in [2.24, 2.45) is 0 Å². The number of carbonyl (C=O) groups is 2. The average molecular weight is 251 g/mol. The van der Waals surface area contributed by atoms with Gasteiger partial charge >= 0.3 is 11.9 Å². The van der Waals surface area contributed by atoms with Crippen molar-refractivity contribution < 1.29 is 19.4 Å². The molecule has 0 radical (unpaired) electrons. The lowest BCUT2D eigenvalue weighted by Crippen LogP contribution is -2.30. The van der Waals surface area contributed by atoms with Crippen LogP contribution < -0.4 is 5.32 Å². The van der Waals surface area contributed by atoms with Crippen LogP contribution in [-0.2, 0) is 19.7 Å². The Kier molecular flexibility index (Phi) is 4.31. The Hall–Kier alpha value is -2.04. The number of rotatable bonds is 5. The van der Waals surface area contributed by atoms with Crippen LogP contribution in [0, 0.1) is 0 Å². The number of carboxylic acids is 1. The Morgan fingerprint density at radius 1 is 1.33 bits per heavy atom. The summed E-state index contributed by atoms with van der Waals surface area (Å²) < 4.78 is 4.53. The monoisotopic (exact) mass is 251 g/mol. The maximum absolute atomic E-state index is 11.2. The highest BCUT2D eigenvalue weighted by Crippen LogP contribution is 2.30. The SMILES string of the molecule is COC(=O)CNc1ccccc1C(C)(C)C(=O)O. The second kappa shape index (κ2) is 5.53. The number of benzene rings is 1. The summed E-state index contributed by atoms with van der Waals surface area (Å²) in [4.78, 5) is 22.3. The number of aliphatic carboxylic acids is 1. The lowest BCUT2D eigenvalue weighted by Gasteiger charge is -2.23. The van der Waals surface area contributed by atoms with Gasteiger partial charge in [-0.15, -0.1) is 0 Å². The zero-order valence-electron chi connectivity index (χ0n) is 10.7. The molecule has 5 nitrogen and oxygen atoms in total. The normalized spacial score (nSPS) is 10.8. The molecule has 0 aliphatic carbocycles. The molecule has 5 heteroatoms. The van der Waals surface area contributed by atoms with Crippen molar-refractivity contribution in [1.29, 1.82) is 0 Å². The van der Waals surface area contributed by atoms with Gasteiger partial charge in [0.15, 0.2) is 0 Å². The van der Waals surface area contributed by atoms with Gasteiger partial charge in [-0.1, -0.05) is 18.2 Å². The molecule has 1 aromatic carbocycles. The van der Waals surface area contributed by atoms with Crippen LogP contribution in [0.1, 0.15) is 19.4 Å². The first kappa shape index (κ1) is 14.0. The fourth-order valence-corrected chi connectivity index (χ4v) is 1.54. The number of hydrogen-bond acceptors (Lipinski definition) is 4. The van der Waals surface area contributed by atoms with E-state index < -0.39 is 17.4 Å². The molecule has 98 valence electrons. The smallest absolute Gasteiger partial charge is 0.325 e. The first-order valence-electron chi connectivity index (χ1n) is 5.53. The molecule has 0 aliphatic heterocycles. The molecule has 18 heavy (non-hydrogen) atoms. The summed E-state index contributed by atoms with van der Waals surface area (Å²) in [5.41, 5.74) is 0.219. The molecule has 0 fully saturated rings. The predicted octanol–water partition coefficient (Wildman–Crippen LogP) is 1.63. The van der Waals surface area contributed by atoms with E-state index in [1.54, 1.807) is 38.1 Å². The molecule has 1 aromatic rings. The van der Waals surface area contributed by atoms with Crippen LogP contribution in [0.5, 0.6) is 0 Å². The summed E-state index contributed by atoms with van der Waals surface area (Å²) in [6, 6.07) is 7.01. The van der Waals surface area contributed by atoms with Gasteiger partial charge in [-0.05, 0) is 25.5 Å². The Morgan fingerprint density at radius 2 is 1.94 bits per heavy atom. The molecular weight excluding hydrogens is 234 g/mol. The second-order valence-electron chi connectivity index (χ2n) is 4.41. The summed E-state index contributed by atoms with van der Waals surface area (Å²) in [5, 5.41) is 12.1. The molecular formula is C13H17NO4. The number of esters is 1. The average Bonchev–Trinajstić information content (AvgIpc) is 2.35. The van der Waals surface area contributed by atoms with E-state index >= 15 is 0 Å². The Balaban J connectivity index is 3.00. The highest BCUT2D eigenvalue weighted by atomic mass is 16.5. The highest BCUT2D eigenvalue weighted by molar-refractivity contribution is 5.84. The van der Waals surface area contributed by atoms with Crippen molar-refractivity contribution in [3.63, 3.8) is 0 Å². The predicted molar refractivity (Wildman–Crippen MR) is 67.6 cm³/mol. The largest absolute Gasteiger partial charge is 0.481 e. The Bertz CT molecular complexity index is 454. The van der Waals surface area contributed by atoms with E-state index in [9.17, 15) is 14.7 Å². The van der Waals surface area contributed by atoms with Gasteiger partial charge in [0.25, 0.3) is 0 Å². The third-order valence-electron chi connectivity index (χ3n) is 2.79. The molecule has 0 atom stereocenters. The molecule has 2 N–H and O–H groups in total. The van der Waals surface area contributed by atoms with E-state index in [1.807, 2.05) is 0 Å². The number of para-hydroxylation sites is 1. The molecule has 0 aliphatic rings. The fourth-order valence-electron chi connectivity index (χ4n) is 1.54. The van der Waals surface area contributed by atoms with Crippen molar-refractivity contribution in [3.8, 4) is 0 Å². The summed E-state index contributed by atoms with van der Waals surface area (Å²) in [6.07, 6.45) is 0. The van der Waals surface area contributed by atoms with Gasteiger partial charge in [-0.2, -0.15) is 0 Å². The van der Waals surface area contributed by atoms with Gasteiger partial charge < -0.3 is 15.2 Å². The minimum Gasteiger partial charge on any atom is -0.481 e.